The summed E-state index contributed by atoms with van der Waals surface area (Å²) in [6, 6.07) is 4.61. The molecule has 0 atom stereocenters. The largest absolute Gasteiger partial charge is 0.493 e. The van der Waals surface area contributed by atoms with Crippen LogP contribution in [0, 0.1) is 10.1 Å². The van der Waals surface area contributed by atoms with Crippen LogP contribution >= 0.6 is 0 Å². The van der Waals surface area contributed by atoms with Gasteiger partial charge in [0, 0.05) is 52.4 Å². The number of unbranched alkanes of at least 4 members (excludes halogenated alkanes) is 2. The van der Waals surface area contributed by atoms with E-state index >= 15 is 0 Å². The number of benzene rings is 1. The van der Waals surface area contributed by atoms with E-state index in [4.69, 9.17) is 9.47 Å². The van der Waals surface area contributed by atoms with Gasteiger partial charge in [-0.25, -0.2) is 8.42 Å². The topological polar surface area (TPSA) is 179 Å². The van der Waals surface area contributed by atoms with Gasteiger partial charge in [0.1, 0.15) is 23.7 Å². The van der Waals surface area contributed by atoms with Gasteiger partial charge in [0.2, 0.25) is 10.0 Å². The first kappa shape index (κ1) is 34.8. The standard InChI is InChI=1S/C30H42N6O9S/c1-4-9-22-21-33(3)28-27(22)31-29(32-30(28)38)24-20-23(11-12-25(24)43-5-2)46(41,42)35-15-13-34(14-16-35)17-19-44-26(37)10-7-6-8-18-45-36(39)40/h11-12,20-21H,4-10,13-19H2,1-3H3,(H,31,32,38). The van der Waals surface area contributed by atoms with Gasteiger partial charge in [0.25, 0.3) is 10.6 Å². The highest BCUT2D eigenvalue weighted by atomic mass is 32.2. The first-order chi connectivity index (χ1) is 22.0. The van der Waals surface area contributed by atoms with Gasteiger partial charge in [-0.15, -0.1) is 10.1 Å². The second kappa shape index (κ2) is 16.0. The van der Waals surface area contributed by atoms with Gasteiger partial charge in [-0.05, 0) is 49.9 Å². The van der Waals surface area contributed by atoms with Gasteiger partial charge in [0.05, 0.1) is 29.2 Å². The van der Waals surface area contributed by atoms with Gasteiger partial charge in [-0.1, -0.05) is 19.8 Å². The third-order valence-electron chi connectivity index (χ3n) is 7.81. The Kier molecular flexibility index (Phi) is 12.1. The number of carbonyl (C=O) groups is 1. The minimum Gasteiger partial charge on any atom is -0.493 e. The predicted molar refractivity (Wildman–Crippen MR) is 170 cm³/mol. The van der Waals surface area contributed by atoms with E-state index in [9.17, 15) is 28.1 Å². The van der Waals surface area contributed by atoms with Crippen LogP contribution in [0.15, 0.2) is 34.1 Å². The number of hydrogen-bond donors (Lipinski definition) is 1. The number of aromatic amines is 1. The molecule has 1 N–H and O–H groups in total. The van der Waals surface area contributed by atoms with Crippen LogP contribution in [0.5, 0.6) is 5.75 Å². The highest BCUT2D eigenvalue weighted by Crippen LogP contribution is 2.32. The number of ether oxygens (including phenoxy) is 2. The Balaban J connectivity index is 1.38. The fourth-order valence-electron chi connectivity index (χ4n) is 5.50. The molecule has 0 aliphatic carbocycles. The van der Waals surface area contributed by atoms with Crippen molar-refractivity contribution in [2.75, 3.05) is 52.5 Å². The van der Waals surface area contributed by atoms with E-state index in [2.05, 4.69) is 21.7 Å². The monoisotopic (exact) mass is 662 g/mol. The Labute approximate surface area is 267 Å². The van der Waals surface area contributed by atoms with Crippen molar-refractivity contribution in [1.29, 1.82) is 0 Å². The van der Waals surface area contributed by atoms with E-state index in [0.29, 0.717) is 67.8 Å². The molecule has 1 aromatic carbocycles. The van der Waals surface area contributed by atoms with Crippen molar-refractivity contribution in [3.63, 3.8) is 0 Å². The number of rotatable bonds is 17. The summed E-state index contributed by atoms with van der Waals surface area (Å²) in [5.41, 5.74) is 2.09. The van der Waals surface area contributed by atoms with Crippen LogP contribution in [0.4, 0.5) is 0 Å². The molecular weight excluding hydrogens is 620 g/mol. The van der Waals surface area contributed by atoms with Crippen molar-refractivity contribution in [3.8, 4) is 17.1 Å². The van der Waals surface area contributed by atoms with Crippen LogP contribution in [0.25, 0.3) is 22.4 Å². The van der Waals surface area contributed by atoms with Crippen LogP contribution in [0.2, 0.25) is 0 Å². The Morgan fingerprint density at radius 2 is 1.87 bits per heavy atom. The number of carbonyl (C=O) groups excluding carboxylic acids is 1. The fraction of sp³-hybridized carbons (Fsp3) is 0.567. The van der Waals surface area contributed by atoms with Crippen molar-refractivity contribution in [2.24, 2.45) is 7.05 Å². The molecule has 2 aromatic heterocycles. The van der Waals surface area contributed by atoms with Gasteiger partial charge in [-0.3, -0.25) is 14.5 Å². The molecule has 0 amide bonds. The van der Waals surface area contributed by atoms with E-state index in [1.165, 1.54) is 16.4 Å². The van der Waals surface area contributed by atoms with E-state index < -0.39 is 20.7 Å². The first-order valence-corrected chi connectivity index (χ1v) is 17.0. The maximum atomic E-state index is 13.7. The zero-order valence-corrected chi connectivity index (χ0v) is 27.3. The lowest BCUT2D eigenvalue weighted by Crippen LogP contribution is -2.49. The SMILES string of the molecule is CCCc1cn(C)c2c(=O)nc(-c3cc(S(=O)(=O)N4CCN(CCOC(=O)CCCCCO[N+](=O)[O-])CC4)ccc3OCC)[nH]c12. The number of nitrogens with zero attached hydrogens (tertiary/aromatic N) is 5. The van der Waals surface area contributed by atoms with Crippen molar-refractivity contribution in [1.82, 2.24) is 23.7 Å². The Morgan fingerprint density at radius 1 is 1.11 bits per heavy atom. The summed E-state index contributed by atoms with van der Waals surface area (Å²) in [5.74, 6) is 0.316. The minimum absolute atomic E-state index is 0.00586. The lowest BCUT2D eigenvalue weighted by molar-refractivity contribution is -0.757. The van der Waals surface area contributed by atoms with Crippen LogP contribution in [0.1, 0.15) is 51.5 Å². The maximum Gasteiger partial charge on any atom is 0.305 e. The number of aromatic nitrogens is 3. The fourth-order valence-corrected chi connectivity index (χ4v) is 6.95. The molecule has 1 aliphatic heterocycles. The molecule has 1 saturated heterocycles. The van der Waals surface area contributed by atoms with E-state index in [0.717, 1.165) is 18.4 Å². The Hall–Kier alpha value is -4.02. The number of H-pyrrole nitrogens is 1. The summed E-state index contributed by atoms with van der Waals surface area (Å²) < 4.78 is 41.8. The van der Waals surface area contributed by atoms with Gasteiger partial charge < -0.3 is 23.9 Å². The van der Waals surface area contributed by atoms with Crippen LogP contribution in [0.3, 0.4) is 0 Å². The second-order valence-corrected chi connectivity index (χ2v) is 13.0. The van der Waals surface area contributed by atoms with Crippen molar-refractivity contribution in [2.45, 2.75) is 57.3 Å². The summed E-state index contributed by atoms with van der Waals surface area (Å²) in [6.45, 7) is 6.36. The van der Waals surface area contributed by atoms with Crippen molar-refractivity contribution in [3.05, 3.63) is 50.4 Å². The third-order valence-corrected chi connectivity index (χ3v) is 9.70. The summed E-state index contributed by atoms with van der Waals surface area (Å²) in [5, 5.41) is 9.30. The zero-order valence-electron chi connectivity index (χ0n) is 26.5. The average Bonchev–Trinajstić information content (AvgIpc) is 3.34. The lowest BCUT2D eigenvalue weighted by atomic mass is 10.1. The van der Waals surface area contributed by atoms with Crippen LogP contribution in [-0.2, 0) is 37.9 Å². The predicted octanol–water partition coefficient (Wildman–Crippen LogP) is 2.90. The van der Waals surface area contributed by atoms with Gasteiger partial charge >= 0.3 is 5.97 Å². The number of sulfonamides is 1. The summed E-state index contributed by atoms with van der Waals surface area (Å²) in [6.07, 6.45) is 5.44. The zero-order chi connectivity index (χ0) is 33.3. The second-order valence-electron chi connectivity index (χ2n) is 11.1. The number of hydrogen-bond acceptors (Lipinski definition) is 11. The quantitative estimate of drug-likeness (QED) is 0.0972. The molecule has 0 saturated carbocycles. The summed E-state index contributed by atoms with van der Waals surface area (Å²) in [4.78, 5) is 49.1. The molecule has 3 heterocycles. The number of fused-ring (bicyclic) bond motifs is 1. The number of aryl methyl sites for hydroxylation is 2. The number of piperazine rings is 1. The molecule has 1 aliphatic rings. The highest BCUT2D eigenvalue weighted by molar-refractivity contribution is 7.89. The maximum absolute atomic E-state index is 13.7. The molecule has 252 valence electrons. The van der Waals surface area contributed by atoms with Crippen molar-refractivity contribution < 1.29 is 32.6 Å². The Morgan fingerprint density at radius 3 is 2.57 bits per heavy atom. The smallest absolute Gasteiger partial charge is 0.305 e. The molecular formula is C30H42N6O9S. The minimum atomic E-state index is -3.87. The highest BCUT2D eigenvalue weighted by Gasteiger charge is 2.30. The summed E-state index contributed by atoms with van der Waals surface area (Å²) in [7, 11) is -2.07. The molecule has 3 aromatic rings. The molecule has 0 bridgehead atoms. The molecule has 15 nitrogen and oxygen atoms in total. The van der Waals surface area contributed by atoms with Crippen LogP contribution < -0.4 is 10.3 Å². The first-order valence-electron chi connectivity index (χ1n) is 15.6. The van der Waals surface area contributed by atoms with Gasteiger partial charge in [0.15, 0.2) is 0 Å². The lowest BCUT2D eigenvalue weighted by Gasteiger charge is -2.33. The van der Waals surface area contributed by atoms with E-state index in [1.54, 1.807) is 17.7 Å². The number of esters is 1. The third kappa shape index (κ3) is 8.61. The Bertz CT molecular complexity index is 1680. The van der Waals surface area contributed by atoms with E-state index in [-0.39, 0.29) is 49.4 Å². The average molecular weight is 663 g/mol. The summed E-state index contributed by atoms with van der Waals surface area (Å²) >= 11 is 0. The molecule has 4 rings (SSSR count). The molecule has 46 heavy (non-hydrogen) atoms. The van der Waals surface area contributed by atoms with Crippen molar-refractivity contribution >= 4 is 27.0 Å². The van der Waals surface area contributed by atoms with Gasteiger partial charge in [-0.2, -0.15) is 9.29 Å². The molecule has 0 unspecified atom stereocenters. The van der Waals surface area contributed by atoms with Crippen LogP contribution in [-0.4, -0.2) is 95.8 Å². The molecule has 0 spiro atoms. The molecule has 1 fully saturated rings. The number of nitrogens with one attached hydrogen (secondary N) is 1. The normalized spacial score (nSPS) is 14.4. The molecule has 0 radical (unpaired) electrons. The molecule has 16 heteroatoms. The van der Waals surface area contributed by atoms with E-state index in [1.807, 2.05) is 18.0 Å².